The van der Waals surface area contributed by atoms with Crippen LogP contribution in [0.2, 0.25) is 0 Å². The second-order valence-corrected chi connectivity index (χ2v) is 3.89. The number of imidazole rings is 1. The van der Waals surface area contributed by atoms with Gasteiger partial charge in [-0.25, -0.2) is 4.98 Å². The first-order chi connectivity index (χ1) is 8.86. The first-order valence-electron chi connectivity index (χ1n) is 5.36. The van der Waals surface area contributed by atoms with Crippen LogP contribution < -0.4 is 0 Å². The van der Waals surface area contributed by atoms with Crippen LogP contribution in [0.25, 0.3) is 22.6 Å². The maximum atomic E-state index is 4.59. The lowest BCUT2D eigenvalue weighted by molar-refractivity contribution is 1.24. The average molecular weight is 289 g/mol. The number of aliphatic imine (C=N–C) groups is 1. The van der Waals surface area contributed by atoms with Crippen LogP contribution in [0.15, 0.2) is 47.6 Å². The Balaban J connectivity index is 0.00000133. The number of isothiocyanates is 1. The molecule has 0 bridgehead atoms. The third-order valence-electron chi connectivity index (χ3n) is 2.55. The van der Waals surface area contributed by atoms with E-state index in [1.807, 2.05) is 36.4 Å². The highest BCUT2D eigenvalue weighted by Crippen LogP contribution is 2.22. The molecular formula is C13H9ClN4S. The number of fused-ring (bicyclic) bond motifs is 1. The standard InChI is InChI=1S/C13H8N4S.ClH/c18-8-15-9-4-5-10-12(7-9)17-13(16-10)11-3-1-2-6-14-11;/h1-7H,(H,16,17);1H. The first kappa shape index (κ1) is 13.4. The van der Waals surface area contributed by atoms with E-state index in [9.17, 15) is 0 Å². The normalized spacial score (nSPS) is 9.68. The van der Waals surface area contributed by atoms with Gasteiger partial charge >= 0.3 is 0 Å². The van der Waals surface area contributed by atoms with Gasteiger partial charge in [-0.1, -0.05) is 6.07 Å². The third-order valence-corrected chi connectivity index (χ3v) is 2.64. The van der Waals surface area contributed by atoms with Crippen LogP contribution in [0.3, 0.4) is 0 Å². The molecule has 19 heavy (non-hydrogen) atoms. The minimum Gasteiger partial charge on any atom is -0.337 e. The maximum Gasteiger partial charge on any atom is 0.157 e. The lowest BCUT2D eigenvalue weighted by Crippen LogP contribution is -1.82. The first-order valence-corrected chi connectivity index (χ1v) is 5.77. The molecule has 2 aromatic heterocycles. The summed E-state index contributed by atoms with van der Waals surface area (Å²) in [4.78, 5) is 15.9. The van der Waals surface area contributed by atoms with Crippen molar-refractivity contribution in [1.29, 1.82) is 0 Å². The van der Waals surface area contributed by atoms with E-state index >= 15 is 0 Å². The number of halogens is 1. The zero-order chi connectivity index (χ0) is 12.4. The van der Waals surface area contributed by atoms with Crippen molar-refractivity contribution in [3.8, 4) is 11.5 Å². The number of hydrogen-bond acceptors (Lipinski definition) is 4. The van der Waals surface area contributed by atoms with Crippen molar-refractivity contribution >= 4 is 46.5 Å². The van der Waals surface area contributed by atoms with Crippen LogP contribution in [0.5, 0.6) is 0 Å². The van der Waals surface area contributed by atoms with Crippen molar-refractivity contribution in [2.24, 2.45) is 4.99 Å². The van der Waals surface area contributed by atoms with E-state index in [1.54, 1.807) is 6.20 Å². The fourth-order valence-corrected chi connectivity index (χ4v) is 1.85. The Labute approximate surface area is 121 Å². The number of nitrogens with zero attached hydrogens (tertiary/aromatic N) is 3. The predicted octanol–water partition coefficient (Wildman–Crippen LogP) is 3.78. The molecule has 0 aliphatic carbocycles. The Kier molecular flexibility index (Phi) is 4.02. The summed E-state index contributed by atoms with van der Waals surface area (Å²) in [5, 5.41) is 2.35. The highest BCUT2D eigenvalue weighted by molar-refractivity contribution is 7.78. The highest BCUT2D eigenvalue weighted by Gasteiger charge is 2.06. The molecular weight excluding hydrogens is 280 g/mol. The Morgan fingerprint density at radius 3 is 2.84 bits per heavy atom. The largest absolute Gasteiger partial charge is 0.337 e. The van der Waals surface area contributed by atoms with Crippen molar-refractivity contribution in [3.63, 3.8) is 0 Å². The van der Waals surface area contributed by atoms with Gasteiger partial charge in [0.1, 0.15) is 5.69 Å². The quantitative estimate of drug-likeness (QED) is 0.577. The monoisotopic (exact) mass is 288 g/mol. The van der Waals surface area contributed by atoms with Gasteiger partial charge in [0.25, 0.3) is 0 Å². The summed E-state index contributed by atoms with van der Waals surface area (Å²) >= 11 is 4.59. The molecule has 2 heterocycles. The SMILES string of the molecule is Cl.S=C=Nc1ccc2nc(-c3ccccn3)[nH]c2c1. The van der Waals surface area contributed by atoms with Gasteiger partial charge in [0.15, 0.2) is 5.82 Å². The molecule has 4 nitrogen and oxygen atoms in total. The Morgan fingerprint density at radius 1 is 1.21 bits per heavy atom. The number of aromatic nitrogens is 3. The molecule has 0 aliphatic heterocycles. The number of H-pyrrole nitrogens is 1. The van der Waals surface area contributed by atoms with Crippen LogP contribution >= 0.6 is 24.6 Å². The molecule has 0 spiro atoms. The van der Waals surface area contributed by atoms with E-state index < -0.39 is 0 Å². The highest BCUT2D eigenvalue weighted by atomic mass is 35.5. The molecule has 1 aromatic carbocycles. The van der Waals surface area contributed by atoms with Gasteiger partial charge in [0.2, 0.25) is 0 Å². The van der Waals surface area contributed by atoms with Crippen molar-refractivity contribution in [2.45, 2.75) is 0 Å². The van der Waals surface area contributed by atoms with Crippen LogP contribution in [0.1, 0.15) is 0 Å². The van der Waals surface area contributed by atoms with Gasteiger partial charge in [-0.3, -0.25) is 4.98 Å². The zero-order valence-corrected chi connectivity index (χ0v) is 11.3. The maximum absolute atomic E-state index is 4.59. The number of rotatable bonds is 2. The summed E-state index contributed by atoms with van der Waals surface area (Å²) in [6.07, 6.45) is 1.74. The molecule has 0 fully saturated rings. The summed E-state index contributed by atoms with van der Waals surface area (Å²) in [5.41, 5.74) is 3.35. The molecule has 0 aliphatic rings. The lowest BCUT2D eigenvalue weighted by atomic mass is 10.3. The molecule has 0 atom stereocenters. The zero-order valence-electron chi connectivity index (χ0n) is 9.70. The fourth-order valence-electron chi connectivity index (χ4n) is 1.74. The molecule has 0 saturated carbocycles. The molecule has 0 saturated heterocycles. The number of nitrogens with one attached hydrogen (secondary N) is 1. The van der Waals surface area contributed by atoms with Gasteiger partial charge in [-0.2, -0.15) is 4.99 Å². The topological polar surface area (TPSA) is 53.9 Å². The van der Waals surface area contributed by atoms with Crippen molar-refractivity contribution in [3.05, 3.63) is 42.6 Å². The molecule has 0 radical (unpaired) electrons. The van der Waals surface area contributed by atoms with E-state index in [1.165, 1.54) is 0 Å². The number of benzene rings is 1. The number of thiocarbonyl (C=S) groups is 1. The van der Waals surface area contributed by atoms with Gasteiger partial charge < -0.3 is 4.98 Å². The van der Waals surface area contributed by atoms with Gasteiger partial charge in [-0.05, 0) is 42.5 Å². The van der Waals surface area contributed by atoms with Crippen molar-refractivity contribution in [1.82, 2.24) is 15.0 Å². The fraction of sp³-hybridized carbons (Fsp3) is 0. The molecule has 3 rings (SSSR count). The average Bonchev–Trinajstić information content (AvgIpc) is 2.83. The van der Waals surface area contributed by atoms with Crippen LogP contribution in [0.4, 0.5) is 5.69 Å². The Morgan fingerprint density at radius 2 is 2.11 bits per heavy atom. The Hall–Kier alpha value is -2.07. The summed E-state index contributed by atoms with van der Waals surface area (Å²) in [5.74, 6) is 0.745. The number of pyridine rings is 1. The van der Waals surface area contributed by atoms with E-state index in [2.05, 4.69) is 37.3 Å². The van der Waals surface area contributed by atoms with E-state index in [-0.39, 0.29) is 12.4 Å². The third kappa shape index (κ3) is 2.69. The number of hydrogen-bond donors (Lipinski definition) is 1. The van der Waals surface area contributed by atoms with Gasteiger partial charge in [0, 0.05) is 6.20 Å². The van der Waals surface area contributed by atoms with Crippen LogP contribution in [-0.4, -0.2) is 20.1 Å². The van der Waals surface area contributed by atoms with Crippen molar-refractivity contribution in [2.75, 3.05) is 0 Å². The summed E-state index contributed by atoms with van der Waals surface area (Å²) < 4.78 is 0. The van der Waals surface area contributed by atoms with Crippen LogP contribution in [-0.2, 0) is 0 Å². The van der Waals surface area contributed by atoms with Gasteiger partial charge in [-0.15, -0.1) is 12.4 Å². The second kappa shape index (κ2) is 5.71. The smallest absolute Gasteiger partial charge is 0.157 e. The van der Waals surface area contributed by atoms with E-state index in [0.717, 1.165) is 28.2 Å². The minimum absolute atomic E-state index is 0. The summed E-state index contributed by atoms with van der Waals surface area (Å²) in [6, 6.07) is 11.3. The molecule has 6 heteroatoms. The molecule has 0 amide bonds. The summed E-state index contributed by atoms with van der Waals surface area (Å²) in [7, 11) is 0. The second-order valence-electron chi connectivity index (χ2n) is 3.70. The predicted molar refractivity (Wildman–Crippen MR) is 81.3 cm³/mol. The van der Waals surface area contributed by atoms with E-state index in [0.29, 0.717) is 0 Å². The molecule has 3 aromatic rings. The molecule has 1 N–H and O–H groups in total. The molecule has 0 unspecified atom stereocenters. The lowest BCUT2D eigenvalue weighted by Gasteiger charge is -1.92. The molecule has 94 valence electrons. The minimum atomic E-state index is 0. The van der Waals surface area contributed by atoms with Crippen molar-refractivity contribution < 1.29 is 0 Å². The van der Waals surface area contributed by atoms with Gasteiger partial charge in [0.05, 0.1) is 21.9 Å². The number of aromatic amines is 1. The Bertz CT molecular complexity index is 748. The van der Waals surface area contributed by atoms with Crippen LogP contribution in [0, 0.1) is 0 Å². The summed E-state index contributed by atoms with van der Waals surface area (Å²) in [6.45, 7) is 0. The van der Waals surface area contributed by atoms with E-state index in [4.69, 9.17) is 0 Å².